The lowest BCUT2D eigenvalue weighted by molar-refractivity contribution is -0.131. The molecule has 0 saturated carbocycles. The van der Waals surface area contributed by atoms with Crippen LogP contribution in [0.25, 0.3) is 0 Å². The smallest absolute Gasteiger partial charge is 0.226 e. The summed E-state index contributed by atoms with van der Waals surface area (Å²) in [4.78, 5) is 17.3. The van der Waals surface area contributed by atoms with Gasteiger partial charge in [-0.1, -0.05) is 31.2 Å². The molecule has 174 valence electrons. The number of benzene rings is 2. The molecule has 0 aromatic heterocycles. The lowest BCUT2D eigenvalue weighted by atomic mass is 9.99. The van der Waals surface area contributed by atoms with Crippen molar-refractivity contribution in [3.63, 3.8) is 0 Å². The van der Waals surface area contributed by atoms with Crippen molar-refractivity contribution in [1.82, 2.24) is 9.80 Å². The first kappa shape index (κ1) is 23.3. The molecule has 2 heterocycles. The van der Waals surface area contributed by atoms with Gasteiger partial charge < -0.3 is 10.2 Å². The minimum atomic E-state index is -0.502. The largest absolute Gasteiger partial charge is 0.382 e. The Hall–Kier alpha value is -2.91. The van der Waals surface area contributed by atoms with Crippen LogP contribution >= 0.6 is 0 Å². The Bertz CT molecular complexity index is 992. The molecule has 2 aromatic carbocycles. The van der Waals surface area contributed by atoms with E-state index in [2.05, 4.69) is 41.4 Å². The third-order valence-electron chi connectivity index (χ3n) is 6.83. The Morgan fingerprint density at radius 1 is 1.09 bits per heavy atom. The number of piperidine rings is 2. The number of hydrogen-bond acceptors (Lipinski definition) is 4. The maximum atomic E-state index is 13.5. The molecule has 33 heavy (non-hydrogen) atoms. The standard InChI is InChI=1S/C27H33FN4O/c1-20-3-2-12-31(18-20)19-22-6-4-21(5-7-22)15-27(33)32-13-10-24(11-14-32)30-25-8-9-26(28)23(16-25)17-29/h4-9,16,20,24,30H,2-3,10-15,18-19H2,1H3/t20-/m1/s1. The molecule has 0 radical (unpaired) electrons. The molecule has 1 N–H and O–H groups in total. The van der Waals surface area contributed by atoms with E-state index in [4.69, 9.17) is 5.26 Å². The zero-order valence-corrected chi connectivity index (χ0v) is 19.4. The molecule has 0 spiro atoms. The topological polar surface area (TPSA) is 59.4 Å². The van der Waals surface area contributed by atoms with E-state index in [1.54, 1.807) is 12.1 Å². The van der Waals surface area contributed by atoms with Crippen LogP contribution in [0.15, 0.2) is 42.5 Å². The van der Waals surface area contributed by atoms with Gasteiger partial charge in [0.15, 0.2) is 0 Å². The molecule has 2 aromatic rings. The lowest BCUT2D eigenvalue weighted by Crippen LogP contribution is -2.43. The monoisotopic (exact) mass is 448 g/mol. The van der Waals surface area contributed by atoms with Gasteiger partial charge in [-0.3, -0.25) is 9.69 Å². The number of likely N-dealkylation sites (tertiary alicyclic amines) is 2. The Balaban J connectivity index is 1.23. The van der Waals surface area contributed by atoms with Crippen molar-refractivity contribution in [2.75, 3.05) is 31.5 Å². The predicted octanol–water partition coefficient (Wildman–Crippen LogP) is 4.57. The highest BCUT2D eigenvalue weighted by Gasteiger charge is 2.23. The highest BCUT2D eigenvalue weighted by molar-refractivity contribution is 5.79. The van der Waals surface area contributed by atoms with Crippen LogP contribution in [-0.4, -0.2) is 47.9 Å². The van der Waals surface area contributed by atoms with Crippen molar-refractivity contribution >= 4 is 11.6 Å². The van der Waals surface area contributed by atoms with Crippen LogP contribution < -0.4 is 5.32 Å². The molecule has 2 fully saturated rings. The van der Waals surface area contributed by atoms with Gasteiger partial charge in [-0.25, -0.2) is 4.39 Å². The summed E-state index contributed by atoms with van der Waals surface area (Å²) in [6.45, 7) is 7.07. The van der Waals surface area contributed by atoms with E-state index in [0.29, 0.717) is 19.5 Å². The first-order valence-electron chi connectivity index (χ1n) is 12.0. The van der Waals surface area contributed by atoms with Crippen molar-refractivity contribution in [2.45, 2.75) is 51.6 Å². The summed E-state index contributed by atoms with van der Waals surface area (Å²) in [6.07, 6.45) is 4.71. The lowest BCUT2D eigenvalue weighted by Gasteiger charge is -2.33. The number of hydrogen-bond donors (Lipinski definition) is 1. The van der Waals surface area contributed by atoms with E-state index in [9.17, 15) is 9.18 Å². The van der Waals surface area contributed by atoms with Crippen molar-refractivity contribution < 1.29 is 9.18 Å². The number of nitrogens with one attached hydrogen (secondary N) is 1. The number of nitrogens with zero attached hydrogens (tertiary/aromatic N) is 3. The highest BCUT2D eigenvalue weighted by atomic mass is 19.1. The molecule has 2 saturated heterocycles. The average Bonchev–Trinajstić information content (AvgIpc) is 2.82. The van der Waals surface area contributed by atoms with E-state index in [0.717, 1.165) is 36.6 Å². The van der Waals surface area contributed by atoms with Crippen molar-refractivity contribution in [2.24, 2.45) is 5.92 Å². The van der Waals surface area contributed by atoms with E-state index in [1.165, 1.54) is 37.6 Å². The first-order chi connectivity index (χ1) is 16.0. The number of rotatable bonds is 6. The van der Waals surface area contributed by atoms with Gasteiger partial charge in [0.05, 0.1) is 12.0 Å². The summed E-state index contributed by atoms with van der Waals surface area (Å²) in [5.41, 5.74) is 3.17. The van der Waals surface area contributed by atoms with Crippen molar-refractivity contribution in [3.8, 4) is 6.07 Å². The summed E-state index contributed by atoms with van der Waals surface area (Å²) in [5, 5.41) is 12.4. The first-order valence-corrected chi connectivity index (χ1v) is 12.0. The van der Waals surface area contributed by atoms with Crippen LogP contribution in [0.5, 0.6) is 0 Å². The third kappa shape index (κ3) is 6.33. The minimum Gasteiger partial charge on any atom is -0.382 e. The maximum Gasteiger partial charge on any atom is 0.226 e. The minimum absolute atomic E-state index is 0.0455. The van der Waals surface area contributed by atoms with Crippen LogP contribution in [0.4, 0.5) is 10.1 Å². The summed E-state index contributed by atoms with van der Waals surface area (Å²) < 4.78 is 13.5. The molecule has 0 aliphatic carbocycles. The summed E-state index contributed by atoms with van der Waals surface area (Å²) in [7, 11) is 0. The second-order valence-electron chi connectivity index (χ2n) is 9.58. The fraction of sp³-hybridized carbons (Fsp3) is 0.481. The predicted molar refractivity (Wildman–Crippen MR) is 128 cm³/mol. The fourth-order valence-electron chi connectivity index (χ4n) is 4.95. The SMILES string of the molecule is C[C@@H]1CCCN(Cc2ccc(CC(=O)N3CCC(Nc4ccc(F)c(C#N)c4)CC3)cc2)C1. The molecule has 1 amide bonds. The van der Waals surface area contributed by atoms with Crippen LogP contribution in [0, 0.1) is 23.1 Å². The van der Waals surface area contributed by atoms with Gasteiger partial charge in [-0.05, 0) is 67.5 Å². The quantitative estimate of drug-likeness (QED) is 0.703. The number of amides is 1. The normalized spacial score (nSPS) is 19.8. The van der Waals surface area contributed by atoms with Crippen LogP contribution in [0.1, 0.15) is 49.3 Å². The Morgan fingerprint density at radius 2 is 1.82 bits per heavy atom. The number of anilines is 1. The molecule has 0 bridgehead atoms. The van der Waals surface area contributed by atoms with E-state index in [1.807, 2.05) is 11.0 Å². The zero-order valence-electron chi connectivity index (χ0n) is 19.4. The van der Waals surface area contributed by atoms with Gasteiger partial charge in [0, 0.05) is 37.9 Å². The van der Waals surface area contributed by atoms with Gasteiger partial charge in [0.1, 0.15) is 11.9 Å². The third-order valence-corrected chi connectivity index (χ3v) is 6.83. The number of halogens is 1. The van der Waals surface area contributed by atoms with E-state index >= 15 is 0 Å². The van der Waals surface area contributed by atoms with Crippen LogP contribution in [0.3, 0.4) is 0 Å². The fourth-order valence-corrected chi connectivity index (χ4v) is 4.95. The Labute approximate surface area is 196 Å². The van der Waals surface area contributed by atoms with Gasteiger partial charge in [-0.15, -0.1) is 0 Å². The maximum absolute atomic E-state index is 13.5. The second kappa shape index (κ2) is 10.8. The summed E-state index contributed by atoms with van der Waals surface area (Å²) in [5.74, 6) is 0.442. The molecule has 5 nitrogen and oxygen atoms in total. The average molecular weight is 449 g/mol. The number of carbonyl (C=O) groups is 1. The molecule has 4 rings (SSSR count). The summed E-state index contributed by atoms with van der Waals surface area (Å²) in [6, 6.07) is 15.1. The molecular weight excluding hydrogens is 415 g/mol. The van der Waals surface area contributed by atoms with E-state index in [-0.39, 0.29) is 17.5 Å². The van der Waals surface area contributed by atoms with Crippen molar-refractivity contribution in [1.29, 1.82) is 5.26 Å². The molecule has 0 unspecified atom stereocenters. The second-order valence-corrected chi connectivity index (χ2v) is 9.58. The van der Waals surface area contributed by atoms with E-state index < -0.39 is 5.82 Å². The molecule has 2 aliphatic heterocycles. The van der Waals surface area contributed by atoms with Gasteiger partial charge in [0.2, 0.25) is 5.91 Å². The Morgan fingerprint density at radius 3 is 2.52 bits per heavy atom. The number of nitriles is 1. The van der Waals surface area contributed by atoms with Gasteiger partial charge >= 0.3 is 0 Å². The molecular formula is C27H33FN4O. The van der Waals surface area contributed by atoms with Crippen LogP contribution in [-0.2, 0) is 17.8 Å². The Kier molecular flexibility index (Phi) is 7.61. The van der Waals surface area contributed by atoms with Gasteiger partial charge in [0.25, 0.3) is 0 Å². The number of carbonyl (C=O) groups excluding carboxylic acids is 1. The zero-order chi connectivity index (χ0) is 23.2. The highest BCUT2D eigenvalue weighted by Crippen LogP contribution is 2.21. The van der Waals surface area contributed by atoms with Crippen LogP contribution in [0.2, 0.25) is 0 Å². The molecule has 6 heteroatoms. The molecule has 1 atom stereocenters. The summed E-state index contributed by atoms with van der Waals surface area (Å²) >= 11 is 0. The van der Waals surface area contributed by atoms with Gasteiger partial charge in [-0.2, -0.15) is 5.26 Å². The molecule has 2 aliphatic rings. The van der Waals surface area contributed by atoms with Crippen molar-refractivity contribution in [3.05, 3.63) is 65.0 Å².